The summed E-state index contributed by atoms with van der Waals surface area (Å²) in [4.78, 5) is 27.7. The largest absolute Gasteiger partial charge is 0.341 e. The Morgan fingerprint density at radius 3 is 2.38 bits per heavy atom. The van der Waals surface area contributed by atoms with E-state index in [2.05, 4.69) is 9.72 Å². The van der Waals surface area contributed by atoms with E-state index >= 15 is 0 Å². The summed E-state index contributed by atoms with van der Waals surface area (Å²) in [7, 11) is 0. The quantitative estimate of drug-likeness (QED) is 0.138. The van der Waals surface area contributed by atoms with Crippen LogP contribution >= 0.6 is 0 Å². The lowest BCUT2D eigenvalue weighted by Crippen LogP contribution is -2.07. The number of fused-ring (bicyclic) bond motifs is 4. The van der Waals surface area contributed by atoms with Gasteiger partial charge in [-0.05, 0) is 35.9 Å². The van der Waals surface area contributed by atoms with E-state index in [0.717, 1.165) is 50.2 Å². The van der Waals surface area contributed by atoms with Gasteiger partial charge >= 0.3 is 5.97 Å². The third kappa shape index (κ3) is 3.57. The van der Waals surface area contributed by atoms with Crippen LogP contribution in [0.1, 0.15) is 25.0 Å². The average molecular weight is 451 g/mol. The number of aromatic nitrogens is 1. The Hall–Kier alpha value is -4.52. The van der Waals surface area contributed by atoms with E-state index < -0.39 is 5.97 Å². The van der Waals surface area contributed by atoms with Crippen LogP contribution in [0, 0.1) is 10.1 Å². The lowest BCUT2D eigenvalue weighted by molar-refractivity contribution is -0.384. The van der Waals surface area contributed by atoms with Crippen molar-refractivity contribution in [3.63, 3.8) is 0 Å². The van der Waals surface area contributed by atoms with Crippen molar-refractivity contribution in [2.75, 3.05) is 0 Å². The Labute approximate surface area is 195 Å². The monoisotopic (exact) mass is 451 g/mol. The number of nitro groups is 1. The van der Waals surface area contributed by atoms with E-state index in [1.54, 1.807) is 12.1 Å². The van der Waals surface area contributed by atoms with Crippen LogP contribution in [0.5, 0.6) is 0 Å². The van der Waals surface area contributed by atoms with E-state index in [1.165, 1.54) is 13.0 Å². The number of benzene rings is 4. The molecule has 0 saturated heterocycles. The number of nitro benzene ring substituents is 1. The van der Waals surface area contributed by atoms with Crippen molar-refractivity contribution in [2.45, 2.75) is 20.4 Å². The summed E-state index contributed by atoms with van der Waals surface area (Å²) >= 11 is 0. The van der Waals surface area contributed by atoms with Crippen molar-refractivity contribution in [2.24, 2.45) is 5.16 Å². The fraction of sp³-hybridized carbons (Fsp3) is 0.111. The molecule has 0 aliphatic carbocycles. The molecule has 0 aliphatic rings. The maximum Gasteiger partial charge on any atom is 0.332 e. The molecule has 168 valence electrons. The summed E-state index contributed by atoms with van der Waals surface area (Å²) in [5, 5.41) is 19.3. The smallest absolute Gasteiger partial charge is 0.332 e. The Morgan fingerprint density at radius 1 is 0.941 bits per heavy atom. The number of aryl methyl sites for hydroxylation is 1. The molecule has 34 heavy (non-hydrogen) atoms. The fourth-order valence-electron chi connectivity index (χ4n) is 4.49. The lowest BCUT2D eigenvalue weighted by Gasteiger charge is -2.11. The predicted octanol–water partition coefficient (Wildman–Crippen LogP) is 6.19. The van der Waals surface area contributed by atoms with Crippen LogP contribution in [0.3, 0.4) is 0 Å². The maximum absolute atomic E-state index is 11.6. The van der Waals surface area contributed by atoms with Gasteiger partial charge in [-0.25, -0.2) is 4.79 Å². The van der Waals surface area contributed by atoms with Gasteiger partial charge in [-0.15, -0.1) is 0 Å². The van der Waals surface area contributed by atoms with Gasteiger partial charge in [-0.3, -0.25) is 10.1 Å². The van der Waals surface area contributed by atoms with Crippen LogP contribution in [0.4, 0.5) is 5.69 Å². The number of hydrogen-bond donors (Lipinski definition) is 0. The molecule has 0 spiro atoms. The molecule has 0 radical (unpaired) electrons. The molecule has 0 fully saturated rings. The molecule has 0 aliphatic heterocycles. The maximum atomic E-state index is 11.6. The highest BCUT2D eigenvalue weighted by molar-refractivity contribution is 6.21. The summed E-state index contributed by atoms with van der Waals surface area (Å²) in [6.45, 7) is 4.06. The topological polar surface area (TPSA) is 86.7 Å². The van der Waals surface area contributed by atoms with Crippen molar-refractivity contribution in [3.05, 3.63) is 100 Å². The Kier molecular flexibility index (Phi) is 5.30. The van der Waals surface area contributed by atoms with Gasteiger partial charge in [0.1, 0.15) is 5.71 Å². The molecule has 0 atom stereocenters. The van der Waals surface area contributed by atoms with Gasteiger partial charge in [-0.2, -0.15) is 0 Å². The zero-order chi connectivity index (χ0) is 23.8. The zero-order valence-corrected chi connectivity index (χ0v) is 18.7. The first-order valence-corrected chi connectivity index (χ1v) is 10.9. The average Bonchev–Trinajstić information content (AvgIpc) is 3.16. The van der Waals surface area contributed by atoms with Crippen LogP contribution < -0.4 is 0 Å². The molecule has 5 aromatic rings. The number of nitrogens with zero attached hydrogens (tertiary/aromatic N) is 3. The molecule has 5 rings (SSSR count). The van der Waals surface area contributed by atoms with Gasteiger partial charge in [0.2, 0.25) is 0 Å². The first-order valence-electron chi connectivity index (χ1n) is 10.9. The minimum atomic E-state index is -0.517. The van der Waals surface area contributed by atoms with E-state index in [4.69, 9.17) is 4.84 Å². The van der Waals surface area contributed by atoms with E-state index in [-0.39, 0.29) is 10.6 Å². The Bertz CT molecular complexity index is 1630. The van der Waals surface area contributed by atoms with Crippen LogP contribution in [-0.4, -0.2) is 21.2 Å². The molecule has 4 aromatic carbocycles. The molecular weight excluding hydrogens is 430 g/mol. The van der Waals surface area contributed by atoms with E-state index in [1.807, 2.05) is 67.6 Å². The van der Waals surface area contributed by atoms with Crippen LogP contribution in [-0.2, 0) is 16.2 Å². The summed E-state index contributed by atoms with van der Waals surface area (Å²) < 4.78 is 2.12. The number of rotatable bonds is 5. The standard InChI is InChI=1S/C27H21N3O4/c1-3-29-25-13-11-19(15-23(25)24-16-20(30(32)33)12-14-26(24)29)27(28-34-17(2)31)22-10-6-8-18-7-4-5-9-21(18)22/h4-16H,3H2,1-2H3/b28-27-. The molecule has 0 unspecified atom stereocenters. The van der Waals surface area contributed by atoms with Crippen molar-refractivity contribution >= 4 is 49.9 Å². The summed E-state index contributed by atoms with van der Waals surface area (Å²) in [5.41, 5.74) is 4.00. The molecule has 7 heteroatoms. The number of oxime groups is 1. The highest BCUT2D eigenvalue weighted by atomic mass is 16.7. The first-order chi connectivity index (χ1) is 16.5. The zero-order valence-electron chi connectivity index (χ0n) is 18.7. The fourth-order valence-corrected chi connectivity index (χ4v) is 4.49. The Balaban J connectivity index is 1.79. The second-order valence-electron chi connectivity index (χ2n) is 7.98. The number of hydrogen-bond acceptors (Lipinski definition) is 5. The van der Waals surface area contributed by atoms with Crippen molar-refractivity contribution in [1.29, 1.82) is 0 Å². The van der Waals surface area contributed by atoms with Crippen molar-refractivity contribution < 1.29 is 14.6 Å². The van der Waals surface area contributed by atoms with Crippen LogP contribution in [0.2, 0.25) is 0 Å². The third-order valence-corrected chi connectivity index (χ3v) is 5.96. The lowest BCUT2D eigenvalue weighted by atomic mass is 9.95. The second kappa shape index (κ2) is 8.44. The molecule has 0 N–H and O–H groups in total. The van der Waals surface area contributed by atoms with E-state index in [0.29, 0.717) is 5.71 Å². The van der Waals surface area contributed by atoms with Crippen molar-refractivity contribution in [1.82, 2.24) is 4.57 Å². The van der Waals surface area contributed by atoms with Gasteiger partial charge in [-0.1, -0.05) is 53.7 Å². The SMILES string of the molecule is CCn1c2ccc(/C(=N/OC(C)=O)c3cccc4ccccc34)cc2c2cc([N+](=O)[O-])ccc21. The molecule has 1 aromatic heterocycles. The van der Waals surface area contributed by atoms with Crippen molar-refractivity contribution in [3.8, 4) is 0 Å². The molecular formula is C27H21N3O4. The van der Waals surface area contributed by atoms with Crippen LogP contribution in [0.15, 0.2) is 84.0 Å². The summed E-state index contributed by atoms with van der Waals surface area (Å²) in [6.07, 6.45) is 0. The summed E-state index contributed by atoms with van der Waals surface area (Å²) in [6, 6.07) is 24.6. The van der Waals surface area contributed by atoms with Gasteiger partial charge < -0.3 is 9.40 Å². The molecule has 0 amide bonds. The Morgan fingerprint density at radius 2 is 1.65 bits per heavy atom. The number of carbonyl (C=O) groups is 1. The van der Waals surface area contributed by atoms with E-state index in [9.17, 15) is 14.9 Å². The number of carbonyl (C=O) groups excluding carboxylic acids is 1. The minimum absolute atomic E-state index is 0.0379. The highest BCUT2D eigenvalue weighted by Crippen LogP contribution is 2.33. The second-order valence-corrected chi connectivity index (χ2v) is 7.98. The molecule has 0 bridgehead atoms. The van der Waals surface area contributed by atoms with Gasteiger partial charge in [0.05, 0.1) is 4.92 Å². The predicted molar refractivity (Wildman–Crippen MR) is 133 cm³/mol. The minimum Gasteiger partial charge on any atom is -0.341 e. The third-order valence-electron chi connectivity index (χ3n) is 5.96. The normalized spacial score (nSPS) is 11.9. The van der Waals surface area contributed by atoms with Gasteiger partial charge in [0.15, 0.2) is 0 Å². The molecule has 1 heterocycles. The number of non-ortho nitro benzene ring substituents is 1. The molecule has 7 nitrogen and oxygen atoms in total. The van der Waals surface area contributed by atoms with Gasteiger partial charge in [0, 0.05) is 58.5 Å². The highest BCUT2D eigenvalue weighted by Gasteiger charge is 2.18. The first kappa shape index (κ1) is 21.3. The van der Waals surface area contributed by atoms with Gasteiger partial charge in [0.25, 0.3) is 5.69 Å². The molecule has 0 saturated carbocycles. The van der Waals surface area contributed by atoms with Crippen LogP contribution in [0.25, 0.3) is 32.6 Å². The summed E-state index contributed by atoms with van der Waals surface area (Å²) in [5.74, 6) is -0.517.